The lowest BCUT2D eigenvalue weighted by Gasteiger charge is -2.10. The maximum absolute atomic E-state index is 9.85. The molecule has 1 saturated carbocycles. The van der Waals surface area contributed by atoms with Crippen molar-refractivity contribution in [3.05, 3.63) is 35.4 Å². The van der Waals surface area contributed by atoms with Gasteiger partial charge in [-0.1, -0.05) is 31.7 Å². The summed E-state index contributed by atoms with van der Waals surface area (Å²) >= 11 is 0. The van der Waals surface area contributed by atoms with Crippen LogP contribution >= 0.6 is 0 Å². The maximum atomic E-state index is 9.85. The van der Waals surface area contributed by atoms with Gasteiger partial charge in [-0.3, -0.25) is 5.41 Å². The number of aromatic hydroxyl groups is 1. The molecule has 3 nitrogen and oxygen atoms in total. The molecule has 0 amide bonds. The third-order valence-electron chi connectivity index (χ3n) is 4.16. The molecule has 0 radical (unpaired) electrons. The number of phenolic OH excluding ortho intramolecular Hbond substituents is 1. The molecule has 0 unspecified atom stereocenters. The SMILES string of the molecule is N=c1ccc2c(O)ccc(CCC3CCCC3)c2o1. The van der Waals surface area contributed by atoms with Gasteiger partial charge in [-0.2, -0.15) is 0 Å². The number of benzene rings is 1. The average molecular weight is 257 g/mol. The minimum atomic E-state index is 0.139. The summed E-state index contributed by atoms with van der Waals surface area (Å²) in [5.74, 6) is 1.06. The van der Waals surface area contributed by atoms with Gasteiger partial charge in [0.2, 0.25) is 5.55 Å². The molecule has 1 fully saturated rings. The van der Waals surface area contributed by atoms with Crippen LogP contribution in [0.2, 0.25) is 0 Å². The second-order valence-corrected chi connectivity index (χ2v) is 5.48. The Bertz CT molecular complexity index is 639. The first kappa shape index (κ1) is 12.3. The van der Waals surface area contributed by atoms with Crippen LogP contribution in [0.4, 0.5) is 0 Å². The highest BCUT2D eigenvalue weighted by atomic mass is 16.3. The fraction of sp³-hybridized carbons (Fsp3) is 0.438. The molecule has 1 aromatic heterocycles. The van der Waals surface area contributed by atoms with Crippen LogP contribution in [0.5, 0.6) is 5.75 Å². The van der Waals surface area contributed by atoms with E-state index < -0.39 is 0 Å². The molecule has 100 valence electrons. The van der Waals surface area contributed by atoms with E-state index in [1.165, 1.54) is 32.1 Å². The van der Waals surface area contributed by atoms with Crippen molar-refractivity contribution in [2.45, 2.75) is 38.5 Å². The summed E-state index contributed by atoms with van der Waals surface area (Å²) in [6, 6.07) is 6.99. The van der Waals surface area contributed by atoms with Crippen molar-refractivity contribution < 1.29 is 9.52 Å². The van der Waals surface area contributed by atoms with Crippen molar-refractivity contribution >= 4 is 11.0 Å². The first-order valence-corrected chi connectivity index (χ1v) is 7.03. The van der Waals surface area contributed by atoms with Crippen LogP contribution in [-0.4, -0.2) is 5.11 Å². The predicted octanol–water partition coefficient (Wildman–Crippen LogP) is 3.74. The molecule has 19 heavy (non-hydrogen) atoms. The molecular weight excluding hydrogens is 238 g/mol. The molecule has 0 saturated heterocycles. The predicted molar refractivity (Wildman–Crippen MR) is 74.0 cm³/mol. The van der Waals surface area contributed by atoms with Gasteiger partial charge in [0.15, 0.2) is 0 Å². The lowest BCUT2D eigenvalue weighted by molar-refractivity contribution is 0.474. The minimum absolute atomic E-state index is 0.139. The number of hydrogen-bond donors (Lipinski definition) is 2. The molecule has 1 aliphatic carbocycles. The van der Waals surface area contributed by atoms with Crippen molar-refractivity contribution in [2.75, 3.05) is 0 Å². The highest BCUT2D eigenvalue weighted by Crippen LogP contribution is 2.31. The summed E-state index contributed by atoms with van der Waals surface area (Å²) in [6.07, 6.45) is 7.56. The van der Waals surface area contributed by atoms with Gasteiger partial charge in [0, 0.05) is 6.07 Å². The molecule has 1 aromatic carbocycles. The summed E-state index contributed by atoms with van der Waals surface area (Å²) in [4.78, 5) is 0. The van der Waals surface area contributed by atoms with Gasteiger partial charge >= 0.3 is 0 Å². The Balaban J connectivity index is 1.91. The van der Waals surface area contributed by atoms with Gasteiger partial charge in [0.1, 0.15) is 11.3 Å². The Hall–Kier alpha value is -1.77. The summed E-state index contributed by atoms with van der Waals surface area (Å²) < 4.78 is 5.50. The van der Waals surface area contributed by atoms with E-state index in [0.717, 1.165) is 17.9 Å². The molecule has 0 atom stereocenters. The van der Waals surface area contributed by atoms with Crippen molar-refractivity contribution in [3.63, 3.8) is 0 Å². The third kappa shape index (κ3) is 2.50. The van der Waals surface area contributed by atoms with Crippen LogP contribution in [0.25, 0.3) is 11.0 Å². The molecule has 3 rings (SSSR count). The summed E-state index contributed by atoms with van der Waals surface area (Å²) in [5, 5.41) is 18.1. The quantitative estimate of drug-likeness (QED) is 0.880. The zero-order valence-corrected chi connectivity index (χ0v) is 11.0. The van der Waals surface area contributed by atoms with Crippen LogP contribution in [-0.2, 0) is 6.42 Å². The van der Waals surface area contributed by atoms with E-state index in [9.17, 15) is 5.11 Å². The number of fused-ring (bicyclic) bond motifs is 1. The number of aryl methyl sites for hydroxylation is 1. The van der Waals surface area contributed by atoms with Crippen LogP contribution in [0, 0.1) is 11.3 Å². The maximum Gasteiger partial charge on any atom is 0.211 e. The Labute approximate surface area is 112 Å². The summed E-state index contributed by atoms with van der Waals surface area (Å²) in [6.45, 7) is 0. The lowest BCUT2D eigenvalue weighted by atomic mass is 9.97. The Morgan fingerprint density at radius 1 is 1.16 bits per heavy atom. The fourth-order valence-corrected chi connectivity index (χ4v) is 3.07. The highest BCUT2D eigenvalue weighted by Gasteiger charge is 2.16. The minimum Gasteiger partial charge on any atom is -0.507 e. The molecule has 0 spiro atoms. The monoisotopic (exact) mass is 257 g/mol. The molecule has 2 aromatic rings. The van der Waals surface area contributed by atoms with E-state index in [4.69, 9.17) is 9.83 Å². The van der Waals surface area contributed by atoms with Crippen LogP contribution < -0.4 is 5.55 Å². The van der Waals surface area contributed by atoms with E-state index >= 15 is 0 Å². The molecule has 2 N–H and O–H groups in total. The van der Waals surface area contributed by atoms with E-state index in [0.29, 0.717) is 11.0 Å². The standard InChI is InChI=1S/C16H19NO2/c17-15-10-8-13-14(18)9-7-12(16(13)19-15)6-5-11-3-1-2-4-11/h7-11,17-18H,1-6H2. The van der Waals surface area contributed by atoms with Crippen molar-refractivity contribution in [3.8, 4) is 5.75 Å². The van der Waals surface area contributed by atoms with Gasteiger partial charge < -0.3 is 9.52 Å². The van der Waals surface area contributed by atoms with Gasteiger partial charge in [0.05, 0.1) is 5.39 Å². The van der Waals surface area contributed by atoms with Crippen molar-refractivity contribution in [2.24, 2.45) is 5.92 Å². The van der Waals surface area contributed by atoms with E-state index in [2.05, 4.69) is 0 Å². The topological polar surface area (TPSA) is 57.2 Å². The van der Waals surface area contributed by atoms with Gasteiger partial charge in [0.25, 0.3) is 0 Å². The number of hydrogen-bond acceptors (Lipinski definition) is 3. The number of nitrogens with one attached hydrogen (secondary N) is 1. The second-order valence-electron chi connectivity index (χ2n) is 5.48. The van der Waals surface area contributed by atoms with Gasteiger partial charge in [-0.15, -0.1) is 0 Å². The first-order chi connectivity index (χ1) is 9.24. The third-order valence-corrected chi connectivity index (χ3v) is 4.16. The van der Waals surface area contributed by atoms with E-state index in [1.54, 1.807) is 18.2 Å². The Morgan fingerprint density at radius 3 is 2.74 bits per heavy atom. The van der Waals surface area contributed by atoms with Gasteiger partial charge in [-0.05, 0) is 36.5 Å². The Kier molecular flexibility index (Phi) is 3.28. The molecule has 3 heteroatoms. The molecule has 1 heterocycles. The van der Waals surface area contributed by atoms with Crippen molar-refractivity contribution in [1.29, 1.82) is 5.41 Å². The average Bonchev–Trinajstić information content (AvgIpc) is 2.91. The fourth-order valence-electron chi connectivity index (χ4n) is 3.07. The van der Waals surface area contributed by atoms with E-state index in [-0.39, 0.29) is 11.3 Å². The number of phenols is 1. The van der Waals surface area contributed by atoms with Gasteiger partial charge in [-0.25, -0.2) is 0 Å². The zero-order valence-electron chi connectivity index (χ0n) is 11.0. The largest absolute Gasteiger partial charge is 0.507 e. The van der Waals surface area contributed by atoms with Crippen LogP contribution in [0.1, 0.15) is 37.7 Å². The zero-order chi connectivity index (χ0) is 13.2. The normalized spacial score (nSPS) is 16.2. The Morgan fingerprint density at radius 2 is 1.95 bits per heavy atom. The van der Waals surface area contributed by atoms with Crippen LogP contribution in [0.3, 0.4) is 0 Å². The highest BCUT2D eigenvalue weighted by molar-refractivity contribution is 5.85. The lowest BCUT2D eigenvalue weighted by Crippen LogP contribution is -2.00. The van der Waals surface area contributed by atoms with Crippen molar-refractivity contribution in [1.82, 2.24) is 0 Å². The second kappa shape index (κ2) is 5.08. The summed E-state index contributed by atoms with van der Waals surface area (Å²) in [5.41, 5.74) is 1.92. The molecule has 0 bridgehead atoms. The first-order valence-electron chi connectivity index (χ1n) is 7.03. The molecule has 0 aliphatic heterocycles. The number of rotatable bonds is 3. The molecule has 1 aliphatic rings. The van der Waals surface area contributed by atoms with E-state index in [1.807, 2.05) is 6.07 Å². The smallest absolute Gasteiger partial charge is 0.211 e. The molecular formula is C16H19NO2. The summed E-state index contributed by atoms with van der Waals surface area (Å²) in [7, 11) is 0. The van der Waals surface area contributed by atoms with Crippen LogP contribution in [0.15, 0.2) is 28.7 Å².